The van der Waals surface area contributed by atoms with Crippen LogP contribution >= 0.6 is 0 Å². The molecule has 31 heavy (non-hydrogen) atoms. The molecule has 0 aliphatic heterocycles. The van der Waals surface area contributed by atoms with E-state index in [0.717, 1.165) is 0 Å². The first-order valence-corrected chi connectivity index (χ1v) is 10.3. The van der Waals surface area contributed by atoms with Gasteiger partial charge >= 0.3 is 11.9 Å². The Kier molecular flexibility index (Phi) is 13.8. The average molecular weight is 446 g/mol. The second kappa shape index (κ2) is 15.1. The summed E-state index contributed by atoms with van der Waals surface area (Å²) in [5.41, 5.74) is 11.2. The summed E-state index contributed by atoms with van der Waals surface area (Å²) >= 11 is 0. The topological polar surface area (TPSA) is 214 Å². The average Bonchev–Trinajstić information content (AvgIpc) is 2.72. The summed E-state index contributed by atoms with van der Waals surface area (Å²) in [5, 5.41) is 24.8. The van der Waals surface area contributed by atoms with Gasteiger partial charge in [-0.15, -0.1) is 0 Å². The zero-order valence-corrected chi connectivity index (χ0v) is 18.1. The minimum Gasteiger partial charge on any atom is -0.481 e. The third-order valence-electron chi connectivity index (χ3n) is 4.79. The minimum atomic E-state index is -1.22. The van der Waals surface area contributed by atoms with Crippen molar-refractivity contribution in [1.29, 1.82) is 0 Å². The number of nitrogens with two attached hydrogens (primary N) is 2. The van der Waals surface area contributed by atoms with Gasteiger partial charge in [-0.2, -0.15) is 0 Å². The molecular formula is C19H35N5O7. The minimum absolute atomic E-state index is 0.0919. The molecule has 4 unspecified atom stereocenters. The highest BCUT2D eigenvalue weighted by Gasteiger charge is 2.30. The van der Waals surface area contributed by atoms with Gasteiger partial charge in [0.2, 0.25) is 17.7 Å². The van der Waals surface area contributed by atoms with Crippen LogP contribution in [-0.2, 0) is 24.0 Å². The van der Waals surface area contributed by atoms with E-state index in [2.05, 4.69) is 16.0 Å². The first-order chi connectivity index (χ1) is 14.5. The van der Waals surface area contributed by atoms with Crippen molar-refractivity contribution in [2.75, 3.05) is 13.1 Å². The third kappa shape index (κ3) is 11.9. The fourth-order valence-corrected chi connectivity index (χ4v) is 2.68. The Bertz CT molecular complexity index is 629. The Morgan fingerprint density at radius 2 is 1.55 bits per heavy atom. The van der Waals surface area contributed by atoms with E-state index in [9.17, 15) is 24.0 Å². The standard InChI is InChI=1S/C19H35N5O7/c1-3-11(2)16(19(31)22-10-15(27)28)24-18(30)13(6-4-5-9-20)23-17(29)12(21)7-8-14(25)26/h11-13,16H,3-10,20-21H2,1-2H3,(H,22,31)(H,23,29)(H,24,30)(H,25,26)(H,27,28). The maximum atomic E-state index is 12.8. The number of carboxylic acid groups (broad SMARTS) is 2. The lowest BCUT2D eigenvalue weighted by atomic mass is 9.97. The molecule has 0 heterocycles. The molecule has 12 nitrogen and oxygen atoms in total. The van der Waals surface area contributed by atoms with Crippen LogP contribution in [0, 0.1) is 5.92 Å². The molecule has 12 heteroatoms. The molecule has 0 bridgehead atoms. The Labute approximate surface area is 181 Å². The van der Waals surface area contributed by atoms with Crippen molar-refractivity contribution in [2.24, 2.45) is 17.4 Å². The fourth-order valence-electron chi connectivity index (χ4n) is 2.68. The molecule has 0 aliphatic rings. The molecule has 0 saturated heterocycles. The van der Waals surface area contributed by atoms with E-state index in [-0.39, 0.29) is 25.2 Å². The zero-order valence-electron chi connectivity index (χ0n) is 18.1. The number of rotatable bonds is 16. The SMILES string of the molecule is CCC(C)C(NC(=O)C(CCCCN)NC(=O)C(N)CCC(=O)O)C(=O)NCC(=O)O. The van der Waals surface area contributed by atoms with Crippen LogP contribution in [0.4, 0.5) is 0 Å². The van der Waals surface area contributed by atoms with Crippen molar-refractivity contribution in [3.63, 3.8) is 0 Å². The van der Waals surface area contributed by atoms with Crippen LogP contribution < -0.4 is 27.4 Å². The molecule has 3 amide bonds. The number of hydrogen-bond donors (Lipinski definition) is 7. The molecule has 0 aromatic carbocycles. The van der Waals surface area contributed by atoms with Gasteiger partial charge < -0.3 is 37.6 Å². The van der Waals surface area contributed by atoms with Crippen molar-refractivity contribution in [1.82, 2.24) is 16.0 Å². The number of carbonyl (C=O) groups excluding carboxylic acids is 3. The van der Waals surface area contributed by atoms with Gasteiger partial charge in [0.1, 0.15) is 18.6 Å². The van der Waals surface area contributed by atoms with E-state index in [1.807, 2.05) is 6.92 Å². The fraction of sp³-hybridized carbons (Fsp3) is 0.737. The number of carbonyl (C=O) groups is 5. The summed E-state index contributed by atoms with van der Waals surface area (Å²) in [5.74, 6) is -4.54. The van der Waals surface area contributed by atoms with Crippen molar-refractivity contribution in [3.05, 3.63) is 0 Å². The van der Waals surface area contributed by atoms with Crippen LogP contribution in [-0.4, -0.2) is 71.1 Å². The van der Waals surface area contributed by atoms with Crippen LogP contribution in [0.25, 0.3) is 0 Å². The van der Waals surface area contributed by atoms with Crippen molar-refractivity contribution in [2.45, 2.75) is 70.5 Å². The van der Waals surface area contributed by atoms with E-state index in [1.54, 1.807) is 6.92 Å². The highest BCUT2D eigenvalue weighted by Crippen LogP contribution is 2.10. The predicted molar refractivity (Wildman–Crippen MR) is 112 cm³/mol. The van der Waals surface area contributed by atoms with Gasteiger partial charge in [0.05, 0.1) is 6.04 Å². The number of unbranched alkanes of at least 4 members (excludes halogenated alkanes) is 1. The lowest BCUT2D eigenvalue weighted by molar-refractivity contribution is -0.139. The second-order valence-electron chi connectivity index (χ2n) is 7.37. The summed E-state index contributed by atoms with van der Waals surface area (Å²) in [6.45, 7) is 3.36. The van der Waals surface area contributed by atoms with Gasteiger partial charge in [-0.25, -0.2) is 0 Å². The summed E-state index contributed by atoms with van der Waals surface area (Å²) < 4.78 is 0. The molecule has 0 aliphatic carbocycles. The molecule has 0 aromatic rings. The Morgan fingerprint density at radius 1 is 0.903 bits per heavy atom. The van der Waals surface area contributed by atoms with Gasteiger partial charge in [0, 0.05) is 6.42 Å². The van der Waals surface area contributed by atoms with Crippen LogP contribution in [0.3, 0.4) is 0 Å². The molecular weight excluding hydrogens is 410 g/mol. The molecule has 0 spiro atoms. The largest absolute Gasteiger partial charge is 0.481 e. The number of carboxylic acids is 2. The number of hydrogen-bond acceptors (Lipinski definition) is 7. The lowest BCUT2D eigenvalue weighted by Crippen LogP contribution is -2.57. The molecule has 0 radical (unpaired) electrons. The maximum Gasteiger partial charge on any atom is 0.322 e. The third-order valence-corrected chi connectivity index (χ3v) is 4.79. The monoisotopic (exact) mass is 445 g/mol. The van der Waals surface area contributed by atoms with Gasteiger partial charge in [0.25, 0.3) is 0 Å². The summed E-state index contributed by atoms with van der Waals surface area (Å²) in [6.07, 6.45) is 1.53. The predicted octanol–water partition coefficient (Wildman–Crippen LogP) is -1.48. The molecule has 0 rings (SSSR count). The highest BCUT2D eigenvalue weighted by molar-refractivity contribution is 5.93. The Balaban J connectivity index is 5.27. The van der Waals surface area contributed by atoms with Gasteiger partial charge in [-0.1, -0.05) is 20.3 Å². The Hall–Kier alpha value is -2.73. The first-order valence-electron chi connectivity index (χ1n) is 10.3. The van der Waals surface area contributed by atoms with E-state index < -0.39 is 54.3 Å². The van der Waals surface area contributed by atoms with Crippen LogP contribution in [0.1, 0.15) is 52.4 Å². The highest BCUT2D eigenvalue weighted by atomic mass is 16.4. The van der Waals surface area contributed by atoms with Crippen molar-refractivity contribution < 1.29 is 34.2 Å². The van der Waals surface area contributed by atoms with Crippen molar-refractivity contribution >= 4 is 29.7 Å². The second-order valence-corrected chi connectivity index (χ2v) is 7.37. The van der Waals surface area contributed by atoms with Gasteiger partial charge in [-0.3, -0.25) is 24.0 Å². The molecule has 4 atom stereocenters. The van der Waals surface area contributed by atoms with Crippen LogP contribution in [0.5, 0.6) is 0 Å². The van der Waals surface area contributed by atoms with Crippen LogP contribution in [0.2, 0.25) is 0 Å². The molecule has 9 N–H and O–H groups in total. The lowest BCUT2D eigenvalue weighted by Gasteiger charge is -2.27. The number of aliphatic carboxylic acids is 2. The molecule has 0 saturated carbocycles. The zero-order chi connectivity index (χ0) is 24.0. The van der Waals surface area contributed by atoms with E-state index in [1.165, 1.54) is 0 Å². The Morgan fingerprint density at radius 3 is 2.06 bits per heavy atom. The van der Waals surface area contributed by atoms with E-state index in [0.29, 0.717) is 25.8 Å². The first kappa shape index (κ1) is 28.3. The number of nitrogens with one attached hydrogen (secondary N) is 3. The molecule has 0 fully saturated rings. The van der Waals surface area contributed by atoms with E-state index >= 15 is 0 Å². The molecule has 0 aromatic heterocycles. The van der Waals surface area contributed by atoms with Crippen LogP contribution in [0.15, 0.2) is 0 Å². The smallest absolute Gasteiger partial charge is 0.322 e. The summed E-state index contributed by atoms with van der Waals surface area (Å²) in [7, 11) is 0. The molecule has 178 valence electrons. The normalized spacial score (nSPS) is 14.6. The maximum absolute atomic E-state index is 12.8. The summed E-state index contributed by atoms with van der Waals surface area (Å²) in [6, 6.07) is -3.11. The van der Waals surface area contributed by atoms with Crippen molar-refractivity contribution in [3.8, 4) is 0 Å². The van der Waals surface area contributed by atoms with E-state index in [4.69, 9.17) is 21.7 Å². The van der Waals surface area contributed by atoms with Gasteiger partial charge in [0.15, 0.2) is 0 Å². The van der Waals surface area contributed by atoms with Gasteiger partial charge in [-0.05, 0) is 38.1 Å². The summed E-state index contributed by atoms with van der Waals surface area (Å²) in [4.78, 5) is 58.9. The quantitative estimate of drug-likeness (QED) is 0.138. The number of amides is 3.